The van der Waals surface area contributed by atoms with E-state index in [0.717, 1.165) is 18.0 Å². The number of likely N-dealkylation sites (N-methyl/N-ethyl adjacent to an activating group) is 1. The summed E-state index contributed by atoms with van der Waals surface area (Å²) in [5.41, 5.74) is 7.10. The molecule has 1 fully saturated rings. The lowest BCUT2D eigenvalue weighted by Crippen LogP contribution is -2.39. The Morgan fingerprint density at radius 2 is 2.00 bits per heavy atom. The molecule has 20 heavy (non-hydrogen) atoms. The van der Waals surface area contributed by atoms with Gasteiger partial charge in [0.2, 0.25) is 0 Å². The second-order valence-electron chi connectivity index (χ2n) is 6.18. The smallest absolute Gasteiger partial charge is 0.123 e. The van der Waals surface area contributed by atoms with E-state index in [-0.39, 0.29) is 11.9 Å². The number of hydrogen-bond acceptors (Lipinski definition) is 2. The Bertz CT molecular complexity index is 413. The van der Waals surface area contributed by atoms with Gasteiger partial charge in [0.25, 0.3) is 0 Å². The van der Waals surface area contributed by atoms with Crippen LogP contribution < -0.4 is 5.73 Å². The van der Waals surface area contributed by atoms with E-state index in [4.69, 9.17) is 5.73 Å². The largest absolute Gasteiger partial charge is 0.323 e. The molecule has 1 unspecified atom stereocenters. The number of benzene rings is 1. The summed E-state index contributed by atoms with van der Waals surface area (Å²) in [5, 5.41) is 0. The molecule has 1 atom stereocenters. The summed E-state index contributed by atoms with van der Waals surface area (Å²) >= 11 is 0. The van der Waals surface area contributed by atoms with E-state index in [1.807, 2.05) is 6.07 Å². The maximum absolute atomic E-state index is 13.2. The van der Waals surface area contributed by atoms with Crippen molar-refractivity contribution in [2.45, 2.75) is 51.1 Å². The van der Waals surface area contributed by atoms with Crippen LogP contribution in [0.1, 0.15) is 50.6 Å². The minimum absolute atomic E-state index is 0.111. The van der Waals surface area contributed by atoms with Crippen LogP contribution in [-0.2, 0) is 0 Å². The monoisotopic (exact) mass is 278 g/mol. The molecule has 0 spiro atoms. The van der Waals surface area contributed by atoms with Crippen molar-refractivity contribution in [2.75, 3.05) is 13.6 Å². The molecule has 0 radical (unpaired) electrons. The van der Waals surface area contributed by atoms with Crippen LogP contribution in [0.4, 0.5) is 4.39 Å². The van der Waals surface area contributed by atoms with E-state index in [2.05, 4.69) is 18.9 Å². The van der Waals surface area contributed by atoms with Crippen LogP contribution >= 0.6 is 0 Å². The topological polar surface area (TPSA) is 29.3 Å². The summed E-state index contributed by atoms with van der Waals surface area (Å²) in [6.07, 6.45) is 6.51. The van der Waals surface area contributed by atoms with Gasteiger partial charge in [-0.15, -0.1) is 0 Å². The molecule has 2 nitrogen and oxygen atoms in total. The van der Waals surface area contributed by atoms with E-state index in [0.29, 0.717) is 6.04 Å². The van der Waals surface area contributed by atoms with Crippen LogP contribution in [0.3, 0.4) is 0 Å². The standard InChI is InChI=1S/C17H27FN2/c1-3-13-7-9-16(10-8-13)20(2)12-17(19)14-5-4-6-15(18)11-14/h4-6,11,13,16-17H,3,7-10,12,19H2,1-2H3. The maximum atomic E-state index is 13.2. The van der Waals surface area contributed by atoms with Crippen molar-refractivity contribution in [3.63, 3.8) is 0 Å². The first-order chi connectivity index (χ1) is 9.60. The molecule has 0 saturated heterocycles. The summed E-state index contributed by atoms with van der Waals surface area (Å²) in [6.45, 7) is 3.08. The van der Waals surface area contributed by atoms with Gasteiger partial charge in [0.05, 0.1) is 0 Å². The maximum Gasteiger partial charge on any atom is 0.123 e. The first-order valence-corrected chi connectivity index (χ1v) is 7.81. The molecule has 0 aliphatic heterocycles. The fourth-order valence-electron chi connectivity index (χ4n) is 3.30. The van der Waals surface area contributed by atoms with Crippen LogP contribution in [0.2, 0.25) is 0 Å². The van der Waals surface area contributed by atoms with Gasteiger partial charge < -0.3 is 10.6 Å². The van der Waals surface area contributed by atoms with E-state index in [9.17, 15) is 4.39 Å². The lowest BCUT2D eigenvalue weighted by molar-refractivity contribution is 0.156. The minimum atomic E-state index is -0.205. The summed E-state index contributed by atoms with van der Waals surface area (Å²) in [6, 6.07) is 7.18. The first kappa shape index (κ1) is 15.5. The molecule has 0 heterocycles. The van der Waals surface area contributed by atoms with Gasteiger partial charge in [-0.3, -0.25) is 0 Å². The van der Waals surface area contributed by atoms with Crippen molar-refractivity contribution >= 4 is 0 Å². The lowest BCUT2D eigenvalue weighted by atomic mass is 9.84. The summed E-state index contributed by atoms with van der Waals surface area (Å²) < 4.78 is 13.2. The third-order valence-corrected chi connectivity index (χ3v) is 4.78. The van der Waals surface area contributed by atoms with Crippen LogP contribution in [0.5, 0.6) is 0 Å². The molecule has 1 aliphatic rings. The Morgan fingerprint density at radius 1 is 1.30 bits per heavy atom. The first-order valence-electron chi connectivity index (χ1n) is 7.81. The van der Waals surface area contributed by atoms with Gasteiger partial charge in [0.15, 0.2) is 0 Å². The molecule has 2 N–H and O–H groups in total. The second-order valence-corrected chi connectivity index (χ2v) is 6.18. The molecule has 3 heteroatoms. The van der Waals surface area contributed by atoms with Crippen LogP contribution in [0.25, 0.3) is 0 Å². The summed E-state index contributed by atoms with van der Waals surface area (Å²) in [4.78, 5) is 2.36. The molecule has 1 aromatic rings. The number of nitrogens with zero attached hydrogens (tertiary/aromatic N) is 1. The van der Waals surface area contributed by atoms with Crippen molar-refractivity contribution < 1.29 is 4.39 Å². The van der Waals surface area contributed by atoms with E-state index >= 15 is 0 Å². The highest BCUT2D eigenvalue weighted by Gasteiger charge is 2.24. The Labute approximate surface area is 122 Å². The Kier molecular flexibility index (Phi) is 5.55. The van der Waals surface area contributed by atoms with Crippen molar-refractivity contribution in [1.82, 2.24) is 4.90 Å². The van der Waals surface area contributed by atoms with Gasteiger partial charge in [-0.2, -0.15) is 0 Å². The molecule has 0 bridgehead atoms. The normalized spacial score (nSPS) is 24.9. The highest BCUT2D eigenvalue weighted by Crippen LogP contribution is 2.29. The Hall–Kier alpha value is -0.930. The third-order valence-electron chi connectivity index (χ3n) is 4.78. The van der Waals surface area contributed by atoms with Crippen LogP contribution in [0.15, 0.2) is 24.3 Å². The zero-order valence-electron chi connectivity index (χ0n) is 12.7. The molecule has 1 aliphatic carbocycles. The molecular formula is C17H27FN2. The molecular weight excluding hydrogens is 251 g/mol. The van der Waals surface area contributed by atoms with Crippen LogP contribution in [-0.4, -0.2) is 24.5 Å². The quantitative estimate of drug-likeness (QED) is 0.889. The molecule has 2 rings (SSSR count). The predicted octanol–water partition coefficient (Wildman–Crippen LogP) is 3.73. The van der Waals surface area contributed by atoms with Crippen molar-refractivity contribution in [2.24, 2.45) is 11.7 Å². The number of rotatable bonds is 5. The third kappa shape index (κ3) is 4.03. The van der Waals surface area contributed by atoms with Gasteiger partial charge in [-0.05, 0) is 56.3 Å². The van der Waals surface area contributed by atoms with Crippen molar-refractivity contribution in [1.29, 1.82) is 0 Å². The molecule has 1 saturated carbocycles. The fourth-order valence-corrected chi connectivity index (χ4v) is 3.30. The highest BCUT2D eigenvalue weighted by molar-refractivity contribution is 5.20. The molecule has 0 aromatic heterocycles. The van der Waals surface area contributed by atoms with Gasteiger partial charge >= 0.3 is 0 Å². The zero-order valence-corrected chi connectivity index (χ0v) is 12.7. The lowest BCUT2D eigenvalue weighted by Gasteiger charge is -2.35. The highest BCUT2D eigenvalue weighted by atomic mass is 19.1. The van der Waals surface area contributed by atoms with E-state index in [1.54, 1.807) is 12.1 Å². The Balaban J connectivity index is 1.86. The summed E-state index contributed by atoms with van der Waals surface area (Å²) in [7, 11) is 2.15. The van der Waals surface area contributed by atoms with Gasteiger partial charge in [-0.25, -0.2) is 4.39 Å². The van der Waals surface area contributed by atoms with Crippen molar-refractivity contribution in [3.05, 3.63) is 35.6 Å². The van der Waals surface area contributed by atoms with E-state index in [1.165, 1.54) is 38.2 Å². The summed E-state index contributed by atoms with van der Waals surface area (Å²) in [5.74, 6) is 0.709. The second kappa shape index (κ2) is 7.19. The van der Waals surface area contributed by atoms with E-state index < -0.39 is 0 Å². The zero-order chi connectivity index (χ0) is 14.5. The minimum Gasteiger partial charge on any atom is -0.323 e. The molecule has 1 aromatic carbocycles. The van der Waals surface area contributed by atoms with Crippen LogP contribution in [0, 0.1) is 11.7 Å². The van der Waals surface area contributed by atoms with Crippen molar-refractivity contribution in [3.8, 4) is 0 Å². The number of hydrogen-bond donors (Lipinski definition) is 1. The molecule has 112 valence electrons. The van der Waals surface area contributed by atoms with Gasteiger partial charge in [0.1, 0.15) is 5.82 Å². The van der Waals surface area contributed by atoms with Gasteiger partial charge in [-0.1, -0.05) is 25.5 Å². The number of nitrogens with two attached hydrogens (primary N) is 1. The average Bonchev–Trinajstić information content (AvgIpc) is 2.47. The fraction of sp³-hybridized carbons (Fsp3) is 0.647. The average molecular weight is 278 g/mol. The Morgan fingerprint density at radius 3 is 2.60 bits per heavy atom. The SMILES string of the molecule is CCC1CCC(N(C)CC(N)c2cccc(F)c2)CC1. The molecule has 0 amide bonds. The predicted molar refractivity (Wildman–Crippen MR) is 82.0 cm³/mol. The number of halogens is 1. The van der Waals surface area contributed by atoms with Gasteiger partial charge in [0, 0.05) is 18.6 Å².